The highest BCUT2D eigenvalue weighted by Crippen LogP contribution is 2.38. The highest BCUT2D eigenvalue weighted by molar-refractivity contribution is 6.25. The number of benzene rings is 1. The third-order valence-electron chi connectivity index (χ3n) is 2.78. The van der Waals surface area contributed by atoms with Crippen molar-refractivity contribution in [3.8, 4) is 0 Å². The van der Waals surface area contributed by atoms with Crippen LogP contribution in [0.25, 0.3) is 0 Å². The molecule has 78 valence electrons. The van der Waals surface area contributed by atoms with Gasteiger partial charge >= 0.3 is 0 Å². The predicted octanol–water partition coefficient (Wildman–Crippen LogP) is 2.84. The van der Waals surface area contributed by atoms with E-state index in [4.69, 9.17) is 11.8 Å². The largest absolute Gasteiger partial charge is 0.268 e. The first-order valence-corrected chi connectivity index (χ1v) is 5.15. The van der Waals surface area contributed by atoms with Crippen LogP contribution in [0.1, 0.15) is 19.4 Å². The molecule has 0 aromatic heterocycles. The standard InChI is InChI=1S/C12H12ClNO/c1-9-8-12(2,14(13)11(9)15)10-6-4-3-5-7-10/h3-8H,1-2H3/t12-/m0/s1. The average Bonchev–Trinajstić information content (AvgIpc) is 2.45. The van der Waals surface area contributed by atoms with Crippen molar-refractivity contribution in [1.82, 2.24) is 4.42 Å². The molecule has 3 heteroatoms. The Bertz CT molecular complexity index is 427. The van der Waals surface area contributed by atoms with Crippen LogP contribution in [0.2, 0.25) is 0 Å². The molecule has 0 bridgehead atoms. The van der Waals surface area contributed by atoms with Crippen molar-refractivity contribution in [2.45, 2.75) is 19.4 Å². The summed E-state index contributed by atoms with van der Waals surface area (Å²) in [7, 11) is 0. The van der Waals surface area contributed by atoms with Crippen molar-refractivity contribution >= 4 is 17.7 Å². The molecule has 0 radical (unpaired) electrons. The van der Waals surface area contributed by atoms with Gasteiger partial charge in [-0.2, -0.15) is 0 Å². The topological polar surface area (TPSA) is 20.3 Å². The first-order valence-electron chi connectivity index (χ1n) is 4.81. The lowest BCUT2D eigenvalue weighted by molar-refractivity contribution is -0.123. The van der Waals surface area contributed by atoms with Gasteiger partial charge in [-0.05, 0) is 25.5 Å². The molecule has 2 nitrogen and oxygen atoms in total. The fourth-order valence-corrected chi connectivity index (χ4v) is 2.16. The van der Waals surface area contributed by atoms with Gasteiger partial charge in [0.2, 0.25) is 0 Å². The van der Waals surface area contributed by atoms with Crippen molar-refractivity contribution in [3.63, 3.8) is 0 Å². The number of hydrogen-bond donors (Lipinski definition) is 0. The molecule has 1 aliphatic heterocycles. The average molecular weight is 222 g/mol. The van der Waals surface area contributed by atoms with Gasteiger partial charge in [-0.25, -0.2) is 4.42 Å². The molecule has 1 aliphatic rings. The molecule has 1 atom stereocenters. The van der Waals surface area contributed by atoms with Crippen LogP contribution in [0.3, 0.4) is 0 Å². The fourth-order valence-electron chi connectivity index (χ4n) is 1.88. The smallest absolute Gasteiger partial charge is 0.264 e. The summed E-state index contributed by atoms with van der Waals surface area (Å²) in [6.07, 6.45) is 1.90. The second kappa shape index (κ2) is 3.38. The molecule has 0 saturated carbocycles. The zero-order valence-electron chi connectivity index (χ0n) is 8.70. The minimum atomic E-state index is -0.524. The first kappa shape index (κ1) is 10.2. The van der Waals surface area contributed by atoms with E-state index in [1.165, 1.54) is 4.42 Å². The minimum Gasteiger partial charge on any atom is -0.268 e. The summed E-state index contributed by atoms with van der Waals surface area (Å²) < 4.78 is 1.26. The molecule has 0 saturated heterocycles. The SMILES string of the molecule is CC1=C[C@@](C)(c2ccccc2)N(Cl)C1=O. The number of amides is 1. The van der Waals surface area contributed by atoms with Crippen LogP contribution in [-0.2, 0) is 10.3 Å². The number of carbonyl (C=O) groups excluding carboxylic acids is 1. The van der Waals surface area contributed by atoms with Crippen molar-refractivity contribution < 1.29 is 4.79 Å². The molecule has 1 aromatic carbocycles. The van der Waals surface area contributed by atoms with Gasteiger partial charge in [0, 0.05) is 17.3 Å². The zero-order chi connectivity index (χ0) is 11.1. The molecule has 1 aromatic rings. The van der Waals surface area contributed by atoms with E-state index in [-0.39, 0.29) is 5.91 Å². The Morgan fingerprint density at radius 1 is 1.27 bits per heavy atom. The number of nitrogens with zero attached hydrogens (tertiary/aromatic N) is 1. The molecular formula is C12H12ClNO. The fraction of sp³-hybridized carbons (Fsp3) is 0.250. The monoisotopic (exact) mass is 221 g/mol. The van der Waals surface area contributed by atoms with E-state index in [9.17, 15) is 4.79 Å². The molecule has 2 rings (SSSR count). The maximum atomic E-state index is 11.6. The van der Waals surface area contributed by atoms with Crippen molar-refractivity contribution in [3.05, 3.63) is 47.5 Å². The summed E-state index contributed by atoms with van der Waals surface area (Å²) in [6.45, 7) is 3.72. The van der Waals surface area contributed by atoms with Gasteiger partial charge in [0.1, 0.15) is 5.54 Å². The molecule has 0 fully saturated rings. The molecule has 0 N–H and O–H groups in total. The van der Waals surface area contributed by atoms with Crippen molar-refractivity contribution in [2.75, 3.05) is 0 Å². The van der Waals surface area contributed by atoms with Crippen LogP contribution >= 0.6 is 11.8 Å². The molecule has 15 heavy (non-hydrogen) atoms. The summed E-state index contributed by atoms with van der Waals surface area (Å²) in [5.41, 5.74) is 1.19. The van der Waals surface area contributed by atoms with E-state index >= 15 is 0 Å². The quantitative estimate of drug-likeness (QED) is 0.668. The summed E-state index contributed by atoms with van der Waals surface area (Å²) in [5.74, 6) is -0.122. The van der Waals surface area contributed by atoms with Crippen LogP contribution in [0.4, 0.5) is 0 Å². The zero-order valence-corrected chi connectivity index (χ0v) is 9.45. The lowest BCUT2D eigenvalue weighted by Crippen LogP contribution is -2.34. The molecule has 0 spiro atoms. The Labute approximate surface area is 94.3 Å². The normalized spacial score (nSPS) is 25.7. The van der Waals surface area contributed by atoms with Crippen LogP contribution in [0, 0.1) is 0 Å². The highest BCUT2D eigenvalue weighted by atomic mass is 35.5. The van der Waals surface area contributed by atoms with Gasteiger partial charge in [0.15, 0.2) is 0 Å². The van der Waals surface area contributed by atoms with Crippen LogP contribution in [0.15, 0.2) is 42.0 Å². The maximum absolute atomic E-state index is 11.6. The predicted molar refractivity (Wildman–Crippen MR) is 60.3 cm³/mol. The lowest BCUT2D eigenvalue weighted by Gasteiger charge is -2.29. The van der Waals surface area contributed by atoms with Gasteiger partial charge in [0.05, 0.1) is 0 Å². The molecule has 0 unspecified atom stereocenters. The number of halogens is 1. The third kappa shape index (κ3) is 1.45. The number of carbonyl (C=O) groups is 1. The van der Waals surface area contributed by atoms with E-state index in [1.807, 2.05) is 43.3 Å². The maximum Gasteiger partial charge on any atom is 0.264 e. The second-order valence-corrected chi connectivity index (χ2v) is 4.26. The van der Waals surface area contributed by atoms with Crippen molar-refractivity contribution in [2.24, 2.45) is 0 Å². The summed E-state index contributed by atoms with van der Waals surface area (Å²) in [4.78, 5) is 11.6. The van der Waals surface area contributed by atoms with Gasteiger partial charge < -0.3 is 0 Å². The van der Waals surface area contributed by atoms with Gasteiger partial charge in [-0.15, -0.1) is 0 Å². The second-order valence-electron chi connectivity index (χ2n) is 3.93. The van der Waals surface area contributed by atoms with Gasteiger partial charge in [-0.1, -0.05) is 30.3 Å². The van der Waals surface area contributed by atoms with Crippen LogP contribution < -0.4 is 0 Å². The highest BCUT2D eigenvalue weighted by Gasteiger charge is 2.40. The molecule has 1 amide bonds. The Balaban J connectivity index is 2.49. The summed E-state index contributed by atoms with van der Waals surface area (Å²) >= 11 is 6.03. The van der Waals surface area contributed by atoms with E-state index in [1.54, 1.807) is 6.92 Å². The van der Waals surface area contributed by atoms with E-state index in [0.717, 1.165) is 5.56 Å². The van der Waals surface area contributed by atoms with Crippen LogP contribution in [0.5, 0.6) is 0 Å². The van der Waals surface area contributed by atoms with Crippen LogP contribution in [-0.4, -0.2) is 10.3 Å². The minimum absolute atomic E-state index is 0.122. The molecular weight excluding hydrogens is 210 g/mol. The van der Waals surface area contributed by atoms with Gasteiger partial charge in [0.25, 0.3) is 5.91 Å². The first-order chi connectivity index (χ1) is 7.05. The van der Waals surface area contributed by atoms with E-state index in [0.29, 0.717) is 5.57 Å². The van der Waals surface area contributed by atoms with E-state index in [2.05, 4.69) is 0 Å². The Hall–Kier alpha value is -1.28. The third-order valence-corrected chi connectivity index (χ3v) is 3.28. The van der Waals surface area contributed by atoms with E-state index < -0.39 is 5.54 Å². The summed E-state index contributed by atoms with van der Waals surface area (Å²) in [6, 6.07) is 9.77. The molecule has 0 aliphatic carbocycles. The lowest BCUT2D eigenvalue weighted by atomic mass is 9.93. The Morgan fingerprint density at radius 3 is 2.33 bits per heavy atom. The summed E-state index contributed by atoms with van der Waals surface area (Å²) in [5, 5.41) is 0. The Kier molecular flexibility index (Phi) is 2.31. The Morgan fingerprint density at radius 2 is 1.87 bits per heavy atom. The number of rotatable bonds is 1. The number of hydrogen-bond acceptors (Lipinski definition) is 1. The van der Waals surface area contributed by atoms with Crippen molar-refractivity contribution in [1.29, 1.82) is 0 Å². The molecule has 1 heterocycles. The van der Waals surface area contributed by atoms with Gasteiger partial charge in [-0.3, -0.25) is 4.79 Å².